The first kappa shape index (κ1) is 18.2. The number of esters is 1. The highest BCUT2D eigenvalue weighted by atomic mass is 16.5. The zero-order valence-electron chi connectivity index (χ0n) is 15.1. The summed E-state index contributed by atoms with van der Waals surface area (Å²) in [6.45, 7) is 1.76. The topological polar surface area (TPSA) is 55.4 Å². The van der Waals surface area contributed by atoms with Crippen molar-refractivity contribution in [3.63, 3.8) is 0 Å². The summed E-state index contributed by atoms with van der Waals surface area (Å²) in [7, 11) is 0. The minimum atomic E-state index is -0.347. The van der Waals surface area contributed by atoms with Gasteiger partial charge in [0, 0.05) is 0 Å². The molecule has 1 amide bonds. The van der Waals surface area contributed by atoms with E-state index < -0.39 is 0 Å². The van der Waals surface area contributed by atoms with Crippen LogP contribution in [0.25, 0.3) is 0 Å². The maximum absolute atomic E-state index is 12.2. The van der Waals surface area contributed by atoms with Crippen molar-refractivity contribution in [2.24, 2.45) is 0 Å². The number of carbonyl (C=O) groups is 2. The average Bonchev–Trinajstić information content (AvgIpc) is 2.67. The Kier molecular flexibility index (Phi) is 6.05. The third-order valence-corrected chi connectivity index (χ3v) is 4.91. The molecule has 1 N–H and O–H groups in total. The van der Waals surface area contributed by atoms with E-state index in [-0.39, 0.29) is 36.9 Å². The van der Waals surface area contributed by atoms with E-state index in [1.165, 1.54) is 11.1 Å². The van der Waals surface area contributed by atoms with Gasteiger partial charge >= 0.3 is 5.97 Å². The summed E-state index contributed by atoms with van der Waals surface area (Å²) >= 11 is 0. The Labute approximate surface area is 154 Å². The molecular formula is C22H25NO3. The SMILES string of the molecule is C[C@H](CC(=O)OCC(=O)N[C@@H]1CCCc2ccccc21)c1ccccc1. The lowest BCUT2D eigenvalue weighted by atomic mass is 9.88. The van der Waals surface area contributed by atoms with E-state index in [4.69, 9.17) is 4.74 Å². The molecule has 1 aliphatic carbocycles. The summed E-state index contributed by atoms with van der Waals surface area (Å²) in [5, 5.41) is 3.00. The molecule has 0 aliphatic heterocycles. The van der Waals surface area contributed by atoms with Crippen LogP contribution in [-0.4, -0.2) is 18.5 Å². The third-order valence-electron chi connectivity index (χ3n) is 4.91. The third kappa shape index (κ3) is 4.72. The normalized spacial score (nSPS) is 17.0. The van der Waals surface area contributed by atoms with Gasteiger partial charge in [0.15, 0.2) is 6.61 Å². The predicted molar refractivity (Wildman–Crippen MR) is 101 cm³/mol. The molecule has 2 aromatic rings. The van der Waals surface area contributed by atoms with Crippen LogP contribution in [0.4, 0.5) is 0 Å². The molecule has 4 nitrogen and oxygen atoms in total. The van der Waals surface area contributed by atoms with Gasteiger partial charge < -0.3 is 10.1 Å². The molecule has 0 saturated heterocycles. The van der Waals surface area contributed by atoms with Gasteiger partial charge in [-0.05, 0) is 41.9 Å². The number of hydrogen-bond donors (Lipinski definition) is 1. The molecular weight excluding hydrogens is 326 g/mol. The van der Waals surface area contributed by atoms with Crippen LogP contribution < -0.4 is 5.32 Å². The number of fused-ring (bicyclic) bond motifs is 1. The summed E-state index contributed by atoms with van der Waals surface area (Å²) in [4.78, 5) is 24.2. The number of aryl methyl sites for hydroxylation is 1. The number of hydrogen-bond acceptors (Lipinski definition) is 3. The number of rotatable bonds is 6. The van der Waals surface area contributed by atoms with Crippen molar-refractivity contribution in [1.82, 2.24) is 5.32 Å². The average molecular weight is 351 g/mol. The first-order chi connectivity index (χ1) is 12.6. The highest BCUT2D eigenvalue weighted by Crippen LogP contribution is 2.29. The molecule has 0 spiro atoms. The Morgan fingerprint density at radius 3 is 2.65 bits per heavy atom. The second-order valence-electron chi connectivity index (χ2n) is 6.89. The molecule has 0 aromatic heterocycles. The second-order valence-corrected chi connectivity index (χ2v) is 6.89. The van der Waals surface area contributed by atoms with Gasteiger partial charge in [-0.2, -0.15) is 0 Å². The molecule has 0 fully saturated rings. The Morgan fingerprint density at radius 2 is 1.85 bits per heavy atom. The molecule has 0 radical (unpaired) electrons. The van der Waals surface area contributed by atoms with Gasteiger partial charge in [0.25, 0.3) is 5.91 Å². The van der Waals surface area contributed by atoms with Crippen LogP contribution in [0, 0.1) is 0 Å². The summed E-state index contributed by atoms with van der Waals surface area (Å²) < 4.78 is 5.17. The first-order valence-corrected chi connectivity index (χ1v) is 9.21. The molecule has 4 heteroatoms. The van der Waals surface area contributed by atoms with Crippen molar-refractivity contribution in [3.05, 3.63) is 71.3 Å². The molecule has 0 saturated carbocycles. The van der Waals surface area contributed by atoms with E-state index in [1.807, 2.05) is 49.4 Å². The Bertz CT molecular complexity index is 757. The highest BCUT2D eigenvalue weighted by molar-refractivity contribution is 5.81. The van der Waals surface area contributed by atoms with E-state index in [0.29, 0.717) is 0 Å². The van der Waals surface area contributed by atoms with Crippen LogP contribution in [0.1, 0.15) is 54.8 Å². The summed E-state index contributed by atoms with van der Waals surface area (Å²) in [6, 6.07) is 18.0. The summed E-state index contributed by atoms with van der Waals surface area (Å²) in [5.74, 6) is -0.523. The lowest BCUT2D eigenvalue weighted by Gasteiger charge is -2.26. The number of amides is 1. The fourth-order valence-corrected chi connectivity index (χ4v) is 3.49. The molecule has 2 atom stereocenters. The highest BCUT2D eigenvalue weighted by Gasteiger charge is 2.22. The van der Waals surface area contributed by atoms with Crippen molar-refractivity contribution < 1.29 is 14.3 Å². The maximum atomic E-state index is 12.2. The van der Waals surface area contributed by atoms with Crippen molar-refractivity contribution in [2.75, 3.05) is 6.61 Å². The molecule has 136 valence electrons. The molecule has 0 heterocycles. The maximum Gasteiger partial charge on any atom is 0.306 e. The predicted octanol–water partition coefficient (Wildman–Crippen LogP) is 3.92. The van der Waals surface area contributed by atoms with Crippen LogP contribution in [0.3, 0.4) is 0 Å². The van der Waals surface area contributed by atoms with Gasteiger partial charge in [0.1, 0.15) is 0 Å². The van der Waals surface area contributed by atoms with Crippen molar-refractivity contribution in [1.29, 1.82) is 0 Å². The number of carbonyl (C=O) groups excluding carboxylic acids is 2. The fourth-order valence-electron chi connectivity index (χ4n) is 3.49. The van der Waals surface area contributed by atoms with Gasteiger partial charge in [-0.1, -0.05) is 61.5 Å². The summed E-state index contributed by atoms with van der Waals surface area (Å²) in [5.41, 5.74) is 3.56. The van der Waals surface area contributed by atoms with Crippen LogP contribution >= 0.6 is 0 Å². The van der Waals surface area contributed by atoms with Crippen molar-refractivity contribution in [3.8, 4) is 0 Å². The minimum Gasteiger partial charge on any atom is -0.456 e. The molecule has 0 unspecified atom stereocenters. The van der Waals surface area contributed by atoms with Crippen LogP contribution in [-0.2, 0) is 20.7 Å². The number of ether oxygens (including phenoxy) is 1. The lowest BCUT2D eigenvalue weighted by Crippen LogP contribution is -2.34. The van der Waals surface area contributed by atoms with Crippen molar-refractivity contribution >= 4 is 11.9 Å². The Hall–Kier alpha value is -2.62. The Balaban J connectivity index is 1.46. The van der Waals surface area contributed by atoms with Crippen LogP contribution in [0.5, 0.6) is 0 Å². The summed E-state index contributed by atoms with van der Waals surface area (Å²) in [6.07, 6.45) is 3.29. The minimum absolute atomic E-state index is 0.00870. The smallest absolute Gasteiger partial charge is 0.306 e. The number of benzene rings is 2. The quantitative estimate of drug-likeness (QED) is 0.803. The van der Waals surface area contributed by atoms with Crippen LogP contribution in [0.2, 0.25) is 0 Å². The van der Waals surface area contributed by atoms with Gasteiger partial charge in [-0.25, -0.2) is 0 Å². The monoisotopic (exact) mass is 351 g/mol. The van der Waals surface area contributed by atoms with E-state index in [9.17, 15) is 9.59 Å². The second kappa shape index (κ2) is 8.65. The Morgan fingerprint density at radius 1 is 1.12 bits per heavy atom. The first-order valence-electron chi connectivity index (χ1n) is 9.21. The lowest BCUT2D eigenvalue weighted by molar-refractivity contribution is -0.149. The van der Waals surface area contributed by atoms with Crippen LogP contribution in [0.15, 0.2) is 54.6 Å². The van der Waals surface area contributed by atoms with Gasteiger partial charge in [-0.15, -0.1) is 0 Å². The molecule has 26 heavy (non-hydrogen) atoms. The van der Waals surface area contributed by atoms with Crippen molar-refractivity contribution in [2.45, 2.75) is 44.6 Å². The van der Waals surface area contributed by atoms with E-state index in [0.717, 1.165) is 24.8 Å². The standard InChI is InChI=1S/C22H25NO3/c1-16(17-8-3-2-4-9-17)14-22(25)26-15-21(24)23-20-13-7-11-18-10-5-6-12-19(18)20/h2-6,8-10,12,16,20H,7,11,13-15H2,1H3,(H,23,24)/t16-,20-/m1/s1. The fraction of sp³-hybridized carbons (Fsp3) is 0.364. The molecule has 3 rings (SSSR count). The zero-order chi connectivity index (χ0) is 18.4. The van der Waals surface area contributed by atoms with Gasteiger partial charge in [0.2, 0.25) is 0 Å². The van der Waals surface area contributed by atoms with Gasteiger partial charge in [0.05, 0.1) is 12.5 Å². The zero-order valence-corrected chi connectivity index (χ0v) is 15.1. The molecule has 2 aromatic carbocycles. The largest absolute Gasteiger partial charge is 0.456 e. The molecule has 0 bridgehead atoms. The van der Waals surface area contributed by atoms with Gasteiger partial charge in [-0.3, -0.25) is 9.59 Å². The number of nitrogens with one attached hydrogen (secondary N) is 1. The van der Waals surface area contributed by atoms with E-state index >= 15 is 0 Å². The molecule has 1 aliphatic rings. The van der Waals surface area contributed by atoms with E-state index in [2.05, 4.69) is 17.4 Å². The van der Waals surface area contributed by atoms with E-state index in [1.54, 1.807) is 0 Å².